The molecule has 4 saturated heterocycles. The number of alkyl halides is 1. The average Bonchev–Trinajstić information content (AvgIpc) is 2.96. The summed E-state index contributed by atoms with van der Waals surface area (Å²) in [7, 11) is 0. The normalized spacial score (nSPS) is 69.4. The molecule has 6 nitrogen and oxygen atoms in total. The van der Waals surface area contributed by atoms with Gasteiger partial charge in [-0.1, -0.05) is 15.9 Å². The van der Waals surface area contributed by atoms with Crippen LogP contribution in [0.1, 0.15) is 27.2 Å². The minimum absolute atomic E-state index is 0.139. The number of rotatable bonds is 1. The molecule has 23 heavy (non-hydrogen) atoms. The fourth-order valence-electron chi connectivity index (χ4n) is 7.11. The third-order valence-electron chi connectivity index (χ3n) is 8.00. The second-order valence-electron chi connectivity index (χ2n) is 8.50. The van der Waals surface area contributed by atoms with Crippen LogP contribution in [0.15, 0.2) is 0 Å². The topological polar surface area (TPSA) is 74.4 Å². The lowest BCUT2D eigenvalue weighted by molar-refractivity contribution is -0.205. The molecule has 2 spiro atoms. The van der Waals surface area contributed by atoms with Crippen LogP contribution in [0.2, 0.25) is 0 Å². The van der Waals surface area contributed by atoms with E-state index in [1.807, 2.05) is 20.8 Å². The minimum Gasteiger partial charge on any atom is -0.457 e. The number of hydrogen-bond donors (Lipinski definition) is 0. The van der Waals surface area contributed by atoms with Crippen LogP contribution in [0.5, 0.6) is 0 Å². The molecule has 2 saturated carbocycles. The first-order chi connectivity index (χ1) is 10.7. The number of halogens is 1. The molecule has 0 radical (unpaired) electrons. The molecule has 0 N–H and O–H groups in total. The van der Waals surface area contributed by atoms with Crippen molar-refractivity contribution in [1.29, 1.82) is 0 Å². The van der Waals surface area contributed by atoms with Gasteiger partial charge in [-0.2, -0.15) is 0 Å². The molecule has 0 aromatic carbocycles. The lowest BCUT2D eigenvalue weighted by atomic mass is 9.48. The van der Waals surface area contributed by atoms with Gasteiger partial charge in [0.05, 0.1) is 11.0 Å². The minimum atomic E-state index is -0.951. The number of ether oxygens (including phenoxy) is 4. The third-order valence-corrected chi connectivity index (χ3v) is 9.11. The van der Waals surface area contributed by atoms with E-state index >= 15 is 0 Å². The summed E-state index contributed by atoms with van der Waals surface area (Å²) in [6, 6.07) is 0. The summed E-state index contributed by atoms with van der Waals surface area (Å²) in [6.45, 7) is 5.98. The highest BCUT2D eigenvalue weighted by Crippen LogP contribution is 2.84. The summed E-state index contributed by atoms with van der Waals surface area (Å²) in [5.41, 5.74) is -3.74. The Bertz CT molecular complexity index is 725. The lowest BCUT2D eigenvalue weighted by Gasteiger charge is -2.51. The first-order valence-electron chi connectivity index (χ1n) is 8.09. The van der Waals surface area contributed by atoms with Crippen molar-refractivity contribution in [2.45, 2.75) is 62.3 Å². The van der Waals surface area contributed by atoms with Crippen molar-refractivity contribution in [2.75, 3.05) is 5.33 Å². The number of hydrogen-bond acceptors (Lipinski definition) is 6. The monoisotopic (exact) mass is 384 g/mol. The summed E-state index contributed by atoms with van der Waals surface area (Å²) < 4.78 is 24.1. The van der Waals surface area contributed by atoms with Gasteiger partial charge >= 0.3 is 11.9 Å². The Balaban J connectivity index is 1.71. The van der Waals surface area contributed by atoms with Crippen molar-refractivity contribution in [3.63, 3.8) is 0 Å². The molecule has 124 valence electrons. The molecule has 9 atom stereocenters. The van der Waals surface area contributed by atoms with Crippen LogP contribution >= 0.6 is 15.9 Å². The van der Waals surface area contributed by atoms with Gasteiger partial charge in [-0.25, -0.2) is 4.79 Å². The van der Waals surface area contributed by atoms with Crippen LogP contribution in [0.25, 0.3) is 0 Å². The van der Waals surface area contributed by atoms with E-state index in [-0.39, 0.29) is 24.0 Å². The molecule has 0 amide bonds. The number of esters is 2. The van der Waals surface area contributed by atoms with Gasteiger partial charge < -0.3 is 18.9 Å². The van der Waals surface area contributed by atoms with E-state index < -0.39 is 39.8 Å². The molecule has 4 aliphatic heterocycles. The first-order valence-corrected chi connectivity index (χ1v) is 9.21. The highest BCUT2D eigenvalue weighted by Gasteiger charge is 3.01. The van der Waals surface area contributed by atoms with E-state index in [4.69, 9.17) is 18.9 Å². The van der Waals surface area contributed by atoms with Crippen LogP contribution in [-0.2, 0) is 28.5 Å². The van der Waals surface area contributed by atoms with Gasteiger partial charge in [-0.05, 0) is 20.8 Å². The maximum atomic E-state index is 12.9. The Kier molecular flexibility index (Phi) is 1.84. The Hall–Kier alpha value is -0.660. The van der Waals surface area contributed by atoms with Gasteiger partial charge in [-0.3, -0.25) is 4.79 Å². The number of fused-ring (bicyclic) bond motifs is 1. The molecule has 4 heterocycles. The van der Waals surface area contributed by atoms with Crippen molar-refractivity contribution < 1.29 is 28.5 Å². The zero-order valence-electron chi connectivity index (χ0n) is 13.1. The zero-order valence-corrected chi connectivity index (χ0v) is 14.6. The molecule has 4 bridgehead atoms. The molecule has 0 aromatic heterocycles. The second kappa shape index (κ2) is 3.10. The lowest BCUT2D eigenvalue weighted by Crippen LogP contribution is -2.67. The molecular weight excluding hydrogens is 368 g/mol. The van der Waals surface area contributed by atoms with Crippen LogP contribution in [0.4, 0.5) is 0 Å². The molecule has 2 aliphatic carbocycles. The molecule has 6 aliphatic rings. The van der Waals surface area contributed by atoms with E-state index in [2.05, 4.69) is 15.9 Å². The summed E-state index contributed by atoms with van der Waals surface area (Å²) >= 11 is 3.57. The molecule has 7 heteroatoms. The molecule has 6 unspecified atom stereocenters. The maximum Gasteiger partial charge on any atom is 0.342 e. The summed E-state index contributed by atoms with van der Waals surface area (Å²) in [5.74, 6) is -0.672. The number of carbonyl (C=O) groups excluding carboxylic acids is 2. The molecular formula is C16H17BrO6. The highest BCUT2D eigenvalue weighted by molar-refractivity contribution is 9.09. The number of epoxide rings is 1. The zero-order chi connectivity index (χ0) is 16.2. The fraction of sp³-hybridized carbons (Fsp3) is 0.875. The van der Waals surface area contributed by atoms with Crippen molar-refractivity contribution in [1.82, 2.24) is 0 Å². The predicted octanol–water partition coefficient (Wildman–Crippen LogP) is 0.943. The fourth-order valence-corrected chi connectivity index (χ4v) is 7.58. The average molecular weight is 385 g/mol. The Labute approximate surface area is 141 Å². The van der Waals surface area contributed by atoms with Crippen molar-refractivity contribution >= 4 is 27.9 Å². The SMILES string of the molecule is CC12C(=O)OC3C4OC(=O)[C@@]56O[C@@H]5CC1(O[C@](C)(CBr)C32)C46C. The quantitative estimate of drug-likeness (QED) is 0.380. The first kappa shape index (κ1) is 13.6. The third kappa shape index (κ3) is 0.878. The van der Waals surface area contributed by atoms with Crippen LogP contribution in [0.3, 0.4) is 0 Å². The standard InChI is InChI=1S/C16H17BrO6/c1-12(5-17)8-7-9-14(3)15(23-12,13(8,2)10(18)20-7)4-6-16(14,22-6)11(19)21-9/h6-9H,4-5H2,1-3H3/t6-,7?,8?,9?,12-,13?,14?,15?,16+/m1/s1. The smallest absolute Gasteiger partial charge is 0.342 e. The Morgan fingerprint density at radius 2 is 1.91 bits per heavy atom. The van der Waals surface area contributed by atoms with Gasteiger partial charge in [-0.15, -0.1) is 0 Å². The molecule has 6 fully saturated rings. The van der Waals surface area contributed by atoms with E-state index in [1.165, 1.54) is 0 Å². The summed E-state index contributed by atoms with van der Waals surface area (Å²) in [4.78, 5) is 25.5. The van der Waals surface area contributed by atoms with Crippen LogP contribution < -0.4 is 0 Å². The van der Waals surface area contributed by atoms with Gasteiger partial charge in [0.1, 0.15) is 23.2 Å². The molecule has 6 rings (SSSR count). The largest absolute Gasteiger partial charge is 0.457 e. The van der Waals surface area contributed by atoms with E-state index in [9.17, 15) is 9.59 Å². The van der Waals surface area contributed by atoms with Crippen LogP contribution in [-0.4, -0.2) is 52.4 Å². The van der Waals surface area contributed by atoms with Crippen LogP contribution in [0, 0.1) is 16.7 Å². The van der Waals surface area contributed by atoms with Gasteiger partial charge in [0.25, 0.3) is 0 Å². The summed E-state index contributed by atoms with van der Waals surface area (Å²) in [6.07, 6.45) is -0.630. The van der Waals surface area contributed by atoms with Crippen molar-refractivity contribution in [3.05, 3.63) is 0 Å². The van der Waals surface area contributed by atoms with Crippen molar-refractivity contribution in [2.24, 2.45) is 16.7 Å². The van der Waals surface area contributed by atoms with Gasteiger partial charge in [0.15, 0.2) is 6.10 Å². The maximum absolute atomic E-state index is 12.9. The van der Waals surface area contributed by atoms with E-state index in [0.29, 0.717) is 11.8 Å². The predicted molar refractivity (Wildman–Crippen MR) is 77.7 cm³/mol. The number of carbonyl (C=O) groups is 2. The Morgan fingerprint density at radius 1 is 1.17 bits per heavy atom. The summed E-state index contributed by atoms with van der Waals surface area (Å²) in [5, 5.41) is 0.602. The van der Waals surface area contributed by atoms with E-state index in [0.717, 1.165) is 0 Å². The van der Waals surface area contributed by atoms with E-state index in [1.54, 1.807) is 0 Å². The molecule has 0 aromatic rings. The second-order valence-corrected chi connectivity index (χ2v) is 9.06. The Morgan fingerprint density at radius 3 is 2.61 bits per heavy atom. The van der Waals surface area contributed by atoms with Gasteiger partial charge in [0, 0.05) is 17.7 Å². The van der Waals surface area contributed by atoms with Gasteiger partial charge in [0.2, 0.25) is 5.60 Å². The van der Waals surface area contributed by atoms with Crippen molar-refractivity contribution in [3.8, 4) is 0 Å². The highest BCUT2D eigenvalue weighted by atomic mass is 79.9.